The maximum absolute atomic E-state index is 5.67. The van der Waals surface area contributed by atoms with Crippen molar-refractivity contribution in [2.45, 2.75) is 27.1 Å². The standard InChI is InChI=1S/C15H25NO2/c1-4-16(3)9-10-18-13-15-8-6-7-14(11-15)12-17-5-2/h6-8,11H,4-5,9-10,12-13H2,1-3H3. The lowest BCUT2D eigenvalue weighted by atomic mass is 10.1. The molecule has 0 unspecified atom stereocenters. The van der Waals surface area contributed by atoms with Crippen LogP contribution in [0.5, 0.6) is 0 Å². The first-order chi connectivity index (χ1) is 8.76. The number of hydrogen-bond donors (Lipinski definition) is 0. The van der Waals surface area contributed by atoms with Crippen molar-refractivity contribution in [3.8, 4) is 0 Å². The summed E-state index contributed by atoms with van der Waals surface area (Å²) in [6, 6.07) is 8.40. The monoisotopic (exact) mass is 251 g/mol. The van der Waals surface area contributed by atoms with Gasteiger partial charge in [-0.3, -0.25) is 0 Å². The molecule has 0 amide bonds. The number of ether oxygens (including phenoxy) is 2. The van der Waals surface area contributed by atoms with E-state index in [4.69, 9.17) is 9.47 Å². The smallest absolute Gasteiger partial charge is 0.0717 e. The lowest BCUT2D eigenvalue weighted by Crippen LogP contribution is -2.22. The SMILES string of the molecule is CCOCc1cccc(COCCN(C)CC)c1. The first kappa shape index (κ1) is 15.2. The van der Waals surface area contributed by atoms with E-state index in [9.17, 15) is 0 Å². The van der Waals surface area contributed by atoms with Crippen molar-refractivity contribution in [2.75, 3.05) is 33.4 Å². The van der Waals surface area contributed by atoms with Crippen LogP contribution in [0.4, 0.5) is 0 Å². The summed E-state index contributed by atoms with van der Waals surface area (Å²) in [5.41, 5.74) is 2.43. The highest BCUT2D eigenvalue weighted by atomic mass is 16.5. The molecule has 0 aliphatic heterocycles. The maximum atomic E-state index is 5.67. The fraction of sp³-hybridized carbons (Fsp3) is 0.600. The predicted octanol–water partition coefficient (Wildman–Crippen LogP) is 2.69. The van der Waals surface area contributed by atoms with E-state index in [1.54, 1.807) is 0 Å². The Labute approximate surface area is 111 Å². The molecule has 0 aromatic heterocycles. The van der Waals surface area contributed by atoms with Crippen LogP contribution >= 0.6 is 0 Å². The summed E-state index contributed by atoms with van der Waals surface area (Å²) < 4.78 is 11.1. The third-order valence-electron chi connectivity index (χ3n) is 2.89. The van der Waals surface area contributed by atoms with Crippen LogP contribution in [0.15, 0.2) is 24.3 Å². The van der Waals surface area contributed by atoms with E-state index >= 15 is 0 Å². The number of benzene rings is 1. The number of hydrogen-bond acceptors (Lipinski definition) is 3. The zero-order valence-corrected chi connectivity index (χ0v) is 11.8. The van der Waals surface area contributed by atoms with Gasteiger partial charge in [-0.05, 0) is 31.6 Å². The normalized spacial score (nSPS) is 11.1. The van der Waals surface area contributed by atoms with Gasteiger partial charge in [-0.25, -0.2) is 0 Å². The molecule has 0 aliphatic rings. The molecule has 0 saturated carbocycles. The van der Waals surface area contributed by atoms with Crippen LogP contribution in [0.25, 0.3) is 0 Å². The molecule has 18 heavy (non-hydrogen) atoms. The maximum Gasteiger partial charge on any atom is 0.0717 e. The molecule has 0 N–H and O–H groups in total. The minimum Gasteiger partial charge on any atom is -0.377 e. The van der Waals surface area contributed by atoms with E-state index in [0.29, 0.717) is 13.2 Å². The zero-order chi connectivity index (χ0) is 13.2. The van der Waals surface area contributed by atoms with Crippen molar-refractivity contribution in [3.63, 3.8) is 0 Å². The van der Waals surface area contributed by atoms with Gasteiger partial charge in [-0.15, -0.1) is 0 Å². The van der Waals surface area contributed by atoms with E-state index in [2.05, 4.69) is 43.1 Å². The van der Waals surface area contributed by atoms with Crippen LogP contribution in [0.2, 0.25) is 0 Å². The Kier molecular flexibility index (Phi) is 7.65. The average molecular weight is 251 g/mol. The van der Waals surface area contributed by atoms with Crippen molar-refractivity contribution in [1.82, 2.24) is 4.90 Å². The molecule has 0 spiro atoms. The third kappa shape index (κ3) is 6.15. The Morgan fingerprint density at radius 3 is 2.33 bits per heavy atom. The summed E-state index contributed by atoms with van der Waals surface area (Å²) in [6.07, 6.45) is 0. The molecule has 3 nitrogen and oxygen atoms in total. The van der Waals surface area contributed by atoms with Crippen LogP contribution in [0.1, 0.15) is 25.0 Å². The average Bonchev–Trinajstić information content (AvgIpc) is 2.41. The minimum atomic E-state index is 0.678. The number of nitrogens with zero attached hydrogens (tertiary/aromatic N) is 1. The van der Waals surface area contributed by atoms with Crippen LogP contribution < -0.4 is 0 Å². The van der Waals surface area contributed by atoms with E-state index in [0.717, 1.165) is 26.3 Å². The van der Waals surface area contributed by atoms with Crippen molar-refractivity contribution in [1.29, 1.82) is 0 Å². The van der Waals surface area contributed by atoms with Crippen LogP contribution in [-0.4, -0.2) is 38.3 Å². The van der Waals surface area contributed by atoms with Crippen molar-refractivity contribution in [2.24, 2.45) is 0 Å². The molecule has 0 atom stereocenters. The van der Waals surface area contributed by atoms with Gasteiger partial charge in [0.2, 0.25) is 0 Å². The first-order valence-corrected chi connectivity index (χ1v) is 6.68. The van der Waals surface area contributed by atoms with Gasteiger partial charge in [0, 0.05) is 13.2 Å². The summed E-state index contributed by atoms with van der Waals surface area (Å²) in [6.45, 7) is 9.10. The molecular weight excluding hydrogens is 226 g/mol. The fourth-order valence-corrected chi connectivity index (χ4v) is 1.60. The first-order valence-electron chi connectivity index (χ1n) is 6.68. The summed E-state index contributed by atoms with van der Waals surface area (Å²) in [7, 11) is 2.10. The number of rotatable bonds is 9. The van der Waals surface area contributed by atoms with E-state index in [-0.39, 0.29) is 0 Å². The topological polar surface area (TPSA) is 21.7 Å². The van der Waals surface area contributed by atoms with E-state index in [1.165, 1.54) is 11.1 Å². The molecule has 0 bridgehead atoms. The highest BCUT2D eigenvalue weighted by molar-refractivity contribution is 5.22. The molecule has 0 radical (unpaired) electrons. The molecule has 102 valence electrons. The molecule has 0 fully saturated rings. The van der Waals surface area contributed by atoms with Gasteiger partial charge in [0.15, 0.2) is 0 Å². The molecule has 0 aliphatic carbocycles. The van der Waals surface area contributed by atoms with Gasteiger partial charge in [-0.1, -0.05) is 31.2 Å². The lowest BCUT2D eigenvalue weighted by molar-refractivity contribution is 0.101. The highest BCUT2D eigenvalue weighted by Gasteiger charge is 1.98. The molecule has 1 aromatic rings. The second-order valence-corrected chi connectivity index (χ2v) is 4.41. The Balaban J connectivity index is 2.29. The molecule has 1 aromatic carbocycles. The molecular formula is C15H25NO2. The fourth-order valence-electron chi connectivity index (χ4n) is 1.60. The van der Waals surface area contributed by atoms with Crippen LogP contribution in [0, 0.1) is 0 Å². The Bertz CT molecular complexity index is 328. The quantitative estimate of drug-likeness (QED) is 0.630. The predicted molar refractivity (Wildman–Crippen MR) is 74.6 cm³/mol. The lowest BCUT2D eigenvalue weighted by Gasteiger charge is -2.13. The second-order valence-electron chi connectivity index (χ2n) is 4.41. The van der Waals surface area contributed by atoms with E-state index < -0.39 is 0 Å². The Morgan fingerprint density at radius 1 is 1.06 bits per heavy atom. The van der Waals surface area contributed by atoms with Gasteiger partial charge < -0.3 is 14.4 Å². The van der Waals surface area contributed by atoms with E-state index in [1.807, 2.05) is 6.92 Å². The highest BCUT2D eigenvalue weighted by Crippen LogP contribution is 2.08. The van der Waals surface area contributed by atoms with Gasteiger partial charge in [-0.2, -0.15) is 0 Å². The Morgan fingerprint density at radius 2 is 1.72 bits per heavy atom. The van der Waals surface area contributed by atoms with Gasteiger partial charge in [0.25, 0.3) is 0 Å². The zero-order valence-electron chi connectivity index (χ0n) is 11.8. The van der Waals surface area contributed by atoms with Crippen molar-refractivity contribution < 1.29 is 9.47 Å². The molecule has 1 rings (SSSR count). The molecule has 3 heteroatoms. The van der Waals surface area contributed by atoms with Gasteiger partial charge in [0.05, 0.1) is 19.8 Å². The summed E-state index contributed by atoms with van der Waals surface area (Å²) in [5, 5.41) is 0. The second kappa shape index (κ2) is 9.09. The largest absolute Gasteiger partial charge is 0.377 e. The summed E-state index contributed by atoms with van der Waals surface area (Å²) in [5.74, 6) is 0. The van der Waals surface area contributed by atoms with Crippen molar-refractivity contribution in [3.05, 3.63) is 35.4 Å². The summed E-state index contributed by atoms with van der Waals surface area (Å²) in [4.78, 5) is 2.24. The van der Waals surface area contributed by atoms with Crippen LogP contribution in [-0.2, 0) is 22.7 Å². The van der Waals surface area contributed by atoms with Gasteiger partial charge >= 0.3 is 0 Å². The Hall–Kier alpha value is -0.900. The molecule has 0 saturated heterocycles. The van der Waals surface area contributed by atoms with Crippen LogP contribution in [0.3, 0.4) is 0 Å². The molecule has 0 heterocycles. The van der Waals surface area contributed by atoms with Gasteiger partial charge in [0.1, 0.15) is 0 Å². The number of likely N-dealkylation sites (N-methyl/N-ethyl adjacent to an activating group) is 1. The summed E-state index contributed by atoms with van der Waals surface area (Å²) >= 11 is 0. The minimum absolute atomic E-state index is 0.678. The van der Waals surface area contributed by atoms with Crippen molar-refractivity contribution >= 4 is 0 Å². The third-order valence-corrected chi connectivity index (χ3v) is 2.89.